The topological polar surface area (TPSA) is 102 Å². The predicted molar refractivity (Wildman–Crippen MR) is 104 cm³/mol. The fraction of sp³-hybridized carbons (Fsp3) is 0.579. The van der Waals surface area contributed by atoms with Crippen molar-refractivity contribution in [3.63, 3.8) is 0 Å². The zero-order valence-electron chi connectivity index (χ0n) is 16.3. The predicted octanol–water partition coefficient (Wildman–Crippen LogP) is 1.35. The summed E-state index contributed by atoms with van der Waals surface area (Å²) in [6.07, 6.45) is 2.11. The molecule has 0 saturated carbocycles. The molecule has 2 atom stereocenters. The lowest BCUT2D eigenvalue weighted by Crippen LogP contribution is -2.49. The molecule has 2 unspecified atom stereocenters. The summed E-state index contributed by atoms with van der Waals surface area (Å²) in [5, 5.41) is 2.51. The van der Waals surface area contributed by atoms with E-state index in [9.17, 15) is 18.0 Å². The van der Waals surface area contributed by atoms with Gasteiger partial charge in [0, 0.05) is 26.5 Å². The van der Waals surface area contributed by atoms with Gasteiger partial charge in [0.15, 0.2) is 0 Å². The number of carbonyl (C=O) groups is 2. The second-order valence-corrected chi connectivity index (χ2v) is 9.29. The molecule has 0 spiro atoms. The Morgan fingerprint density at radius 1 is 1.32 bits per heavy atom. The lowest BCUT2D eigenvalue weighted by Gasteiger charge is -2.26. The number of nitrogens with one attached hydrogen (secondary N) is 1. The highest BCUT2D eigenvalue weighted by Crippen LogP contribution is 2.14. The zero-order valence-corrected chi connectivity index (χ0v) is 17.1. The van der Waals surface area contributed by atoms with Gasteiger partial charge in [0.1, 0.15) is 22.5 Å². The summed E-state index contributed by atoms with van der Waals surface area (Å²) in [7, 11) is -1.66. The van der Waals surface area contributed by atoms with E-state index < -0.39 is 22.0 Å². The van der Waals surface area contributed by atoms with E-state index in [4.69, 9.17) is 9.47 Å². The first kappa shape index (κ1) is 22.2. The molecule has 156 valence electrons. The Kier molecular flexibility index (Phi) is 8.25. The van der Waals surface area contributed by atoms with E-state index in [0.29, 0.717) is 13.2 Å². The van der Waals surface area contributed by atoms with E-state index in [2.05, 4.69) is 5.32 Å². The van der Waals surface area contributed by atoms with Crippen LogP contribution in [0.5, 0.6) is 0 Å². The highest BCUT2D eigenvalue weighted by molar-refractivity contribution is 7.90. The van der Waals surface area contributed by atoms with Crippen LogP contribution < -0.4 is 5.32 Å². The molecule has 0 aromatic heterocycles. The average Bonchev–Trinajstić information content (AvgIpc) is 3.16. The summed E-state index contributed by atoms with van der Waals surface area (Å²) >= 11 is 0. The number of alkyl carbamates (subject to hydrolysis) is 1. The molecule has 1 saturated heterocycles. The maximum Gasteiger partial charge on any atom is 0.408 e. The van der Waals surface area contributed by atoms with Crippen LogP contribution in [-0.4, -0.2) is 69.7 Å². The van der Waals surface area contributed by atoms with Crippen molar-refractivity contribution in [2.24, 2.45) is 0 Å². The Hall–Kier alpha value is -2.13. The molecule has 1 N–H and O–H groups in total. The molecule has 1 heterocycles. The fourth-order valence-electron chi connectivity index (χ4n) is 2.95. The first-order valence-electron chi connectivity index (χ1n) is 9.26. The van der Waals surface area contributed by atoms with Crippen molar-refractivity contribution in [1.29, 1.82) is 0 Å². The minimum atomic E-state index is -3.28. The second kappa shape index (κ2) is 10.4. The summed E-state index contributed by atoms with van der Waals surface area (Å²) in [4.78, 5) is 26.4. The van der Waals surface area contributed by atoms with Crippen LogP contribution in [0.2, 0.25) is 0 Å². The third kappa shape index (κ3) is 7.85. The monoisotopic (exact) mass is 412 g/mol. The molecule has 2 rings (SSSR count). The molecule has 1 aromatic carbocycles. The molecule has 0 radical (unpaired) electrons. The largest absolute Gasteiger partial charge is 0.445 e. The van der Waals surface area contributed by atoms with Gasteiger partial charge in [-0.25, -0.2) is 13.2 Å². The van der Waals surface area contributed by atoms with Gasteiger partial charge in [-0.15, -0.1) is 0 Å². The Balaban J connectivity index is 1.94. The van der Waals surface area contributed by atoms with E-state index >= 15 is 0 Å². The number of rotatable bonds is 9. The number of sulfone groups is 1. The Morgan fingerprint density at radius 2 is 2.04 bits per heavy atom. The van der Waals surface area contributed by atoms with Gasteiger partial charge >= 0.3 is 6.09 Å². The standard InChI is InChI=1S/C19H28N2O6S/c1-21(13-16-9-6-11-26-16)18(22)17(10-12-28(2,24)25)20-19(23)27-14-15-7-4-3-5-8-15/h3-5,7-8,16-17H,6,9-14H2,1-2H3,(H,20,23). The minimum Gasteiger partial charge on any atom is -0.445 e. The maximum absolute atomic E-state index is 12.8. The number of ether oxygens (including phenoxy) is 2. The maximum atomic E-state index is 12.8. The molecule has 1 aromatic rings. The second-order valence-electron chi connectivity index (χ2n) is 7.03. The van der Waals surface area contributed by atoms with Crippen molar-refractivity contribution >= 4 is 21.8 Å². The molecule has 28 heavy (non-hydrogen) atoms. The van der Waals surface area contributed by atoms with Crippen molar-refractivity contribution < 1.29 is 27.5 Å². The van der Waals surface area contributed by atoms with Crippen molar-refractivity contribution in [2.45, 2.75) is 38.0 Å². The Morgan fingerprint density at radius 3 is 2.64 bits per heavy atom. The van der Waals surface area contributed by atoms with Crippen LogP contribution in [0, 0.1) is 0 Å². The van der Waals surface area contributed by atoms with E-state index in [0.717, 1.165) is 24.7 Å². The number of hydrogen-bond donors (Lipinski definition) is 1. The highest BCUT2D eigenvalue weighted by atomic mass is 32.2. The molecular weight excluding hydrogens is 384 g/mol. The van der Waals surface area contributed by atoms with Crippen molar-refractivity contribution in [1.82, 2.24) is 10.2 Å². The van der Waals surface area contributed by atoms with Crippen molar-refractivity contribution in [3.05, 3.63) is 35.9 Å². The summed E-state index contributed by atoms with van der Waals surface area (Å²) in [6, 6.07) is 8.16. The molecule has 1 aliphatic heterocycles. The highest BCUT2D eigenvalue weighted by Gasteiger charge is 2.28. The first-order valence-corrected chi connectivity index (χ1v) is 11.3. The quantitative estimate of drug-likeness (QED) is 0.657. The molecular formula is C19H28N2O6S. The van der Waals surface area contributed by atoms with Crippen LogP contribution in [0.15, 0.2) is 30.3 Å². The summed E-state index contributed by atoms with van der Waals surface area (Å²) in [5.74, 6) is -0.577. The van der Waals surface area contributed by atoms with Gasteiger partial charge in [-0.2, -0.15) is 0 Å². The molecule has 9 heteroatoms. The van der Waals surface area contributed by atoms with E-state index in [1.165, 1.54) is 4.90 Å². The van der Waals surface area contributed by atoms with Crippen LogP contribution in [-0.2, 0) is 30.7 Å². The van der Waals surface area contributed by atoms with Crippen molar-refractivity contribution in [3.8, 4) is 0 Å². The van der Waals surface area contributed by atoms with Gasteiger partial charge in [-0.05, 0) is 24.8 Å². The summed E-state index contributed by atoms with van der Waals surface area (Å²) < 4.78 is 33.7. The van der Waals surface area contributed by atoms with Gasteiger partial charge in [0.2, 0.25) is 5.91 Å². The van der Waals surface area contributed by atoms with E-state index in [1.807, 2.05) is 30.3 Å². The number of nitrogens with zero attached hydrogens (tertiary/aromatic N) is 1. The zero-order chi connectivity index (χ0) is 20.6. The lowest BCUT2D eigenvalue weighted by molar-refractivity contribution is -0.133. The summed E-state index contributed by atoms with van der Waals surface area (Å²) in [5.41, 5.74) is 0.812. The van der Waals surface area contributed by atoms with Crippen LogP contribution >= 0.6 is 0 Å². The number of likely N-dealkylation sites (N-methyl/N-ethyl adjacent to an activating group) is 1. The average molecular weight is 413 g/mol. The van der Waals surface area contributed by atoms with Gasteiger partial charge < -0.3 is 19.7 Å². The van der Waals surface area contributed by atoms with E-state index in [-0.39, 0.29) is 30.8 Å². The van der Waals surface area contributed by atoms with Gasteiger partial charge in [-0.1, -0.05) is 30.3 Å². The Bertz CT molecular complexity index is 747. The fourth-order valence-corrected chi connectivity index (χ4v) is 3.61. The molecule has 0 aliphatic carbocycles. The van der Waals surface area contributed by atoms with Crippen LogP contribution in [0.25, 0.3) is 0 Å². The van der Waals surface area contributed by atoms with Gasteiger partial charge in [0.05, 0.1) is 11.9 Å². The van der Waals surface area contributed by atoms with Crippen LogP contribution in [0.4, 0.5) is 4.79 Å². The third-order valence-electron chi connectivity index (χ3n) is 4.46. The first-order chi connectivity index (χ1) is 13.2. The number of amides is 2. The number of benzene rings is 1. The molecule has 8 nitrogen and oxygen atoms in total. The molecule has 1 aliphatic rings. The van der Waals surface area contributed by atoms with Crippen molar-refractivity contribution in [2.75, 3.05) is 32.2 Å². The normalized spacial score (nSPS) is 17.7. The smallest absolute Gasteiger partial charge is 0.408 e. The van der Waals surface area contributed by atoms with Crippen LogP contribution in [0.3, 0.4) is 0 Å². The third-order valence-corrected chi connectivity index (χ3v) is 5.44. The number of hydrogen-bond acceptors (Lipinski definition) is 6. The van der Waals surface area contributed by atoms with Gasteiger partial charge in [0.25, 0.3) is 0 Å². The summed E-state index contributed by atoms with van der Waals surface area (Å²) in [6.45, 7) is 1.13. The van der Waals surface area contributed by atoms with Crippen LogP contribution in [0.1, 0.15) is 24.8 Å². The molecule has 2 amide bonds. The lowest BCUT2D eigenvalue weighted by atomic mass is 10.1. The number of carbonyl (C=O) groups excluding carboxylic acids is 2. The SMILES string of the molecule is CN(CC1CCCO1)C(=O)C(CCS(C)(=O)=O)NC(=O)OCc1ccccc1. The minimum absolute atomic E-state index is 0.0199. The van der Waals surface area contributed by atoms with E-state index in [1.54, 1.807) is 7.05 Å². The Labute approximate surface area is 166 Å². The molecule has 0 bridgehead atoms. The van der Waals surface area contributed by atoms with Gasteiger partial charge in [-0.3, -0.25) is 4.79 Å². The molecule has 1 fully saturated rings.